The van der Waals surface area contributed by atoms with Crippen molar-refractivity contribution in [1.29, 1.82) is 0 Å². The Kier molecular flexibility index (Phi) is 3.90. The predicted octanol–water partition coefficient (Wildman–Crippen LogP) is 2.17. The fraction of sp³-hybridized carbons (Fsp3) is 0.778. The van der Waals surface area contributed by atoms with Gasteiger partial charge >= 0.3 is 0 Å². The molecule has 4 heteroatoms. The smallest absolute Gasteiger partial charge is 0.0830 e. The number of hydrogen-bond acceptors (Lipinski definition) is 2. The molecule has 0 spiro atoms. The monoisotopic (exact) mass is 245 g/mol. The molecule has 3 nitrogen and oxygen atoms in total. The zero-order valence-electron chi connectivity index (χ0n) is 8.37. The first-order chi connectivity index (χ1) is 6.13. The van der Waals surface area contributed by atoms with Gasteiger partial charge in [0, 0.05) is 18.1 Å². The summed E-state index contributed by atoms with van der Waals surface area (Å²) in [6.07, 6.45) is 4.13. The van der Waals surface area contributed by atoms with E-state index in [0.717, 1.165) is 18.5 Å². The third-order valence-electron chi connectivity index (χ3n) is 2.19. The first-order valence-corrected chi connectivity index (χ1v) is 5.54. The highest BCUT2D eigenvalue weighted by Crippen LogP contribution is 2.19. The molecule has 1 rings (SSSR count). The molecular formula is C9H16BrN3. The van der Waals surface area contributed by atoms with E-state index >= 15 is 0 Å². The van der Waals surface area contributed by atoms with Gasteiger partial charge in [-0.2, -0.15) is 0 Å². The Morgan fingerprint density at radius 1 is 1.62 bits per heavy atom. The number of halogens is 1. The van der Waals surface area contributed by atoms with E-state index in [1.807, 2.05) is 13.2 Å². The summed E-state index contributed by atoms with van der Waals surface area (Å²) in [5.74, 6) is 0.613. The molecule has 0 bridgehead atoms. The van der Waals surface area contributed by atoms with Crippen LogP contribution in [-0.4, -0.2) is 19.8 Å². The highest BCUT2D eigenvalue weighted by Gasteiger charge is 2.13. The number of nitrogens with zero attached hydrogens (tertiary/aromatic N) is 3. The summed E-state index contributed by atoms with van der Waals surface area (Å²) in [6.45, 7) is 4.42. The van der Waals surface area contributed by atoms with E-state index in [4.69, 9.17) is 0 Å². The van der Waals surface area contributed by atoms with Gasteiger partial charge in [0.15, 0.2) is 0 Å². The van der Waals surface area contributed by atoms with E-state index in [1.165, 1.54) is 0 Å². The van der Waals surface area contributed by atoms with Crippen molar-refractivity contribution in [3.05, 3.63) is 11.9 Å². The van der Waals surface area contributed by atoms with Crippen molar-refractivity contribution in [1.82, 2.24) is 15.0 Å². The number of aromatic nitrogens is 3. The minimum Gasteiger partial charge on any atom is -0.255 e. The van der Waals surface area contributed by atoms with Gasteiger partial charge in [-0.3, -0.25) is 4.68 Å². The molecule has 1 aromatic rings. The lowest BCUT2D eigenvalue weighted by molar-refractivity contribution is 0.538. The van der Waals surface area contributed by atoms with Crippen LogP contribution in [0.15, 0.2) is 6.20 Å². The topological polar surface area (TPSA) is 30.7 Å². The number of hydrogen-bond donors (Lipinski definition) is 0. The second-order valence-electron chi connectivity index (χ2n) is 3.49. The van der Waals surface area contributed by atoms with Crippen LogP contribution in [0.2, 0.25) is 0 Å². The molecule has 0 aliphatic heterocycles. The summed E-state index contributed by atoms with van der Waals surface area (Å²) in [5.41, 5.74) is 1.08. The van der Waals surface area contributed by atoms with E-state index in [0.29, 0.717) is 10.7 Å². The fourth-order valence-corrected chi connectivity index (χ4v) is 1.54. The molecule has 13 heavy (non-hydrogen) atoms. The highest BCUT2D eigenvalue weighted by atomic mass is 79.9. The second-order valence-corrected chi connectivity index (χ2v) is 4.67. The summed E-state index contributed by atoms with van der Waals surface area (Å²) in [5, 5.41) is 7.97. The maximum absolute atomic E-state index is 4.06. The Morgan fingerprint density at radius 3 is 2.77 bits per heavy atom. The summed E-state index contributed by atoms with van der Waals surface area (Å²) in [7, 11) is 1.90. The summed E-state index contributed by atoms with van der Waals surface area (Å²) in [4.78, 5) is 0.578. The van der Waals surface area contributed by atoms with Crippen LogP contribution in [0.3, 0.4) is 0 Å². The average Bonchev–Trinajstić information content (AvgIpc) is 2.49. The third kappa shape index (κ3) is 3.10. The molecule has 0 saturated heterocycles. The Labute approximate surface area is 87.6 Å². The number of aryl methyl sites for hydroxylation is 1. The molecular weight excluding hydrogens is 230 g/mol. The van der Waals surface area contributed by atoms with Crippen LogP contribution in [0.25, 0.3) is 0 Å². The van der Waals surface area contributed by atoms with Crippen molar-refractivity contribution in [2.45, 2.75) is 31.5 Å². The minimum absolute atomic E-state index is 0.578. The Hall–Kier alpha value is -0.380. The van der Waals surface area contributed by atoms with Crippen LogP contribution in [0.1, 0.15) is 26.0 Å². The molecule has 0 aliphatic carbocycles. The van der Waals surface area contributed by atoms with Crippen molar-refractivity contribution < 1.29 is 0 Å². The maximum atomic E-state index is 4.06. The molecule has 1 aromatic heterocycles. The normalized spacial score (nSPS) is 15.7. The molecule has 0 fully saturated rings. The van der Waals surface area contributed by atoms with Gasteiger partial charge in [-0.1, -0.05) is 35.0 Å². The van der Waals surface area contributed by atoms with E-state index in [-0.39, 0.29) is 0 Å². The van der Waals surface area contributed by atoms with Crippen molar-refractivity contribution in [2.24, 2.45) is 13.0 Å². The number of rotatable bonds is 4. The van der Waals surface area contributed by atoms with Crippen LogP contribution in [0.5, 0.6) is 0 Å². The number of alkyl halides is 1. The van der Waals surface area contributed by atoms with Gasteiger partial charge in [-0.05, 0) is 18.8 Å². The first kappa shape index (κ1) is 10.7. The van der Waals surface area contributed by atoms with Crippen LogP contribution in [-0.2, 0) is 13.5 Å². The van der Waals surface area contributed by atoms with Crippen molar-refractivity contribution in [3.8, 4) is 0 Å². The maximum Gasteiger partial charge on any atom is 0.0830 e. The molecule has 74 valence electrons. The lowest BCUT2D eigenvalue weighted by Gasteiger charge is -2.14. The van der Waals surface area contributed by atoms with Gasteiger partial charge in [0.05, 0.1) is 5.69 Å². The van der Waals surface area contributed by atoms with Gasteiger partial charge in [0.2, 0.25) is 0 Å². The van der Waals surface area contributed by atoms with Crippen molar-refractivity contribution in [3.63, 3.8) is 0 Å². The summed E-state index contributed by atoms with van der Waals surface area (Å²) in [6, 6.07) is 0. The zero-order valence-corrected chi connectivity index (χ0v) is 9.95. The average molecular weight is 246 g/mol. The molecule has 0 amide bonds. The second kappa shape index (κ2) is 4.74. The van der Waals surface area contributed by atoms with Gasteiger partial charge in [-0.15, -0.1) is 5.10 Å². The van der Waals surface area contributed by atoms with E-state index < -0.39 is 0 Å². The third-order valence-corrected chi connectivity index (χ3v) is 3.74. The van der Waals surface area contributed by atoms with E-state index in [9.17, 15) is 0 Å². The van der Waals surface area contributed by atoms with Crippen LogP contribution >= 0.6 is 15.9 Å². The lowest BCUT2D eigenvalue weighted by Crippen LogP contribution is -2.12. The molecule has 0 aliphatic rings. The van der Waals surface area contributed by atoms with Gasteiger partial charge in [-0.25, -0.2) is 0 Å². The summed E-state index contributed by atoms with van der Waals surface area (Å²) < 4.78 is 1.75. The van der Waals surface area contributed by atoms with Crippen molar-refractivity contribution >= 4 is 15.9 Å². The van der Waals surface area contributed by atoms with Gasteiger partial charge < -0.3 is 0 Å². The highest BCUT2D eigenvalue weighted by molar-refractivity contribution is 9.09. The lowest BCUT2D eigenvalue weighted by atomic mass is 10.0. The Balaban J connectivity index is 2.49. The van der Waals surface area contributed by atoms with Crippen LogP contribution in [0, 0.1) is 5.92 Å². The molecule has 0 N–H and O–H groups in total. The standard InChI is InChI=1S/C9H16BrN3/c1-4-9(10)7(2)5-8-6-13(3)12-11-8/h6-7,9H,4-5H2,1-3H3. The molecule has 0 aromatic carbocycles. The SMILES string of the molecule is CCC(Br)C(C)Cc1cn(C)nn1. The quantitative estimate of drug-likeness (QED) is 0.762. The molecule has 2 atom stereocenters. The molecule has 2 unspecified atom stereocenters. The Morgan fingerprint density at radius 2 is 2.31 bits per heavy atom. The van der Waals surface area contributed by atoms with Gasteiger partial charge in [0.25, 0.3) is 0 Å². The molecule has 0 radical (unpaired) electrons. The first-order valence-electron chi connectivity index (χ1n) is 4.62. The molecule has 1 heterocycles. The zero-order chi connectivity index (χ0) is 9.84. The van der Waals surface area contributed by atoms with Gasteiger partial charge in [0.1, 0.15) is 0 Å². The fourth-order valence-electron chi connectivity index (χ4n) is 1.35. The van der Waals surface area contributed by atoms with E-state index in [2.05, 4.69) is 40.1 Å². The van der Waals surface area contributed by atoms with Crippen LogP contribution < -0.4 is 0 Å². The minimum atomic E-state index is 0.578. The van der Waals surface area contributed by atoms with Crippen LogP contribution in [0.4, 0.5) is 0 Å². The molecule has 0 saturated carbocycles. The van der Waals surface area contributed by atoms with Crippen molar-refractivity contribution in [2.75, 3.05) is 0 Å². The summed E-state index contributed by atoms with van der Waals surface area (Å²) >= 11 is 3.65. The largest absolute Gasteiger partial charge is 0.255 e. The Bertz CT molecular complexity index is 259. The predicted molar refractivity (Wildman–Crippen MR) is 56.9 cm³/mol. The van der Waals surface area contributed by atoms with E-state index in [1.54, 1.807) is 4.68 Å².